The molecule has 4 N–H and O–H groups in total. The molecule has 3 aliphatic rings. The fraction of sp³-hybridized carbons (Fsp3) is 0.432. The monoisotopic (exact) mass is 826 g/mol. The number of carbonyl (C=O) groups is 2. The molecule has 1 amide bonds. The molecule has 0 bridgehead atoms. The Labute approximate surface area is 350 Å². The van der Waals surface area contributed by atoms with Crippen LogP contribution in [0.15, 0.2) is 67.1 Å². The molecular formula is C44H52Cl2N8O4. The van der Waals surface area contributed by atoms with Crippen LogP contribution >= 0.6 is 23.2 Å². The highest BCUT2D eigenvalue weighted by molar-refractivity contribution is 6.35. The van der Waals surface area contributed by atoms with Gasteiger partial charge in [0.1, 0.15) is 23.9 Å². The van der Waals surface area contributed by atoms with Crippen LogP contribution < -0.4 is 20.3 Å². The smallest absolute Gasteiger partial charge is 0.254 e. The summed E-state index contributed by atoms with van der Waals surface area (Å²) in [6.07, 6.45) is 8.11. The zero-order chi connectivity index (χ0) is 41.3. The van der Waals surface area contributed by atoms with Gasteiger partial charge in [0.25, 0.3) is 5.91 Å². The average molecular weight is 828 g/mol. The van der Waals surface area contributed by atoms with E-state index in [2.05, 4.69) is 26.6 Å². The molecule has 3 aliphatic heterocycles. The third-order valence-corrected chi connectivity index (χ3v) is 12.8. The van der Waals surface area contributed by atoms with E-state index in [1.165, 1.54) is 12.4 Å². The summed E-state index contributed by atoms with van der Waals surface area (Å²) in [5.74, 6) is 1.41. The Bertz CT molecular complexity index is 2130. The van der Waals surface area contributed by atoms with Gasteiger partial charge in [-0.05, 0) is 81.6 Å². The third-order valence-electron chi connectivity index (χ3n) is 12.2. The highest BCUT2D eigenvalue weighted by atomic mass is 35.5. The third kappa shape index (κ3) is 8.38. The van der Waals surface area contributed by atoms with Crippen molar-refractivity contribution < 1.29 is 19.4 Å². The number of aldehydes is 1. The lowest BCUT2D eigenvalue weighted by molar-refractivity contribution is -0.145. The number of carbonyl (C=O) groups excluding carboxylic acids is 2. The summed E-state index contributed by atoms with van der Waals surface area (Å²) < 4.78 is 6.15. The number of anilines is 3. The quantitative estimate of drug-likeness (QED) is 0.0669. The maximum Gasteiger partial charge on any atom is 0.254 e. The number of nitrogen functional groups attached to an aromatic ring is 1. The van der Waals surface area contributed by atoms with Crippen LogP contribution in [0.5, 0.6) is 5.75 Å². The lowest BCUT2D eigenvalue weighted by Gasteiger charge is -2.62. The average Bonchev–Trinajstić information content (AvgIpc) is 3.19. The summed E-state index contributed by atoms with van der Waals surface area (Å²) >= 11 is 12.7. The zero-order valence-corrected chi connectivity index (χ0v) is 35.0. The van der Waals surface area contributed by atoms with Crippen LogP contribution in [-0.4, -0.2) is 101 Å². The minimum Gasteiger partial charge on any atom is -0.486 e. The second-order valence-corrected chi connectivity index (χ2v) is 17.1. The molecule has 0 aliphatic carbocycles. The summed E-state index contributed by atoms with van der Waals surface area (Å²) in [5, 5.41) is 21.2. The van der Waals surface area contributed by atoms with Crippen LogP contribution in [0.25, 0.3) is 0 Å². The van der Waals surface area contributed by atoms with E-state index in [1.54, 1.807) is 42.4 Å². The summed E-state index contributed by atoms with van der Waals surface area (Å²) in [4.78, 5) is 42.4. The molecule has 3 atom stereocenters. The first-order valence-corrected chi connectivity index (χ1v) is 20.8. The van der Waals surface area contributed by atoms with E-state index in [9.17, 15) is 14.7 Å². The Morgan fingerprint density at radius 1 is 1.02 bits per heavy atom. The van der Waals surface area contributed by atoms with Crippen molar-refractivity contribution in [3.8, 4) is 5.75 Å². The number of aliphatic hydroxyl groups excluding tert-OH is 1. The van der Waals surface area contributed by atoms with Crippen LogP contribution in [0.4, 0.5) is 17.2 Å². The summed E-state index contributed by atoms with van der Waals surface area (Å²) in [6.45, 7) is 10.9. The summed E-state index contributed by atoms with van der Waals surface area (Å²) in [5.41, 5.74) is 10.7. The van der Waals surface area contributed by atoms with Gasteiger partial charge in [-0.25, -0.2) is 4.98 Å². The normalized spacial score (nSPS) is 18.2. The number of likely N-dealkylation sites (tertiary alicyclic amines) is 1. The number of halogens is 2. The van der Waals surface area contributed by atoms with E-state index >= 15 is 0 Å². The van der Waals surface area contributed by atoms with Crippen molar-refractivity contribution in [3.05, 3.63) is 105 Å². The number of nitrogens with zero attached hydrogens (tertiary/aromatic N) is 6. The van der Waals surface area contributed by atoms with Crippen molar-refractivity contribution in [2.45, 2.75) is 64.8 Å². The van der Waals surface area contributed by atoms with E-state index in [0.29, 0.717) is 49.3 Å². The van der Waals surface area contributed by atoms with Crippen LogP contribution in [0.1, 0.15) is 90.0 Å². The number of aliphatic hydroxyl groups is 1. The Morgan fingerprint density at radius 2 is 1.72 bits per heavy atom. The Kier molecular flexibility index (Phi) is 12.3. The number of ether oxygens (including phenoxy) is 1. The molecule has 2 aromatic heterocycles. The van der Waals surface area contributed by atoms with Crippen LogP contribution in [0, 0.1) is 16.7 Å². The number of rotatable bonds is 14. The van der Waals surface area contributed by atoms with E-state index in [1.807, 2.05) is 38.1 Å². The molecule has 14 heteroatoms. The van der Waals surface area contributed by atoms with Crippen molar-refractivity contribution in [2.75, 3.05) is 61.8 Å². The predicted octanol–water partition coefficient (Wildman–Crippen LogP) is 7.35. The van der Waals surface area contributed by atoms with Crippen molar-refractivity contribution >= 4 is 58.3 Å². The Morgan fingerprint density at radius 3 is 2.36 bits per heavy atom. The number of piperidine rings is 1. The maximum atomic E-state index is 13.4. The van der Waals surface area contributed by atoms with Gasteiger partial charge in [-0.3, -0.25) is 24.9 Å². The highest BCUT2D eigenvalue weighted by Gasteiger charge is 2.54. The second-order valence-electron chi connectivity index (χ2n) is 16.2. The number of nitrogens with two attached hydrogens (primary N) is 1. The minimum absolute atomic E-state index is 0.0839. The van der Waals surface area contributed by atoms with Gasteiger partial charge in [-0.15, -0.1) is 0 Å². The molecule has 5 heterocycles. The number of hydrogen-bond acceptors (Lipinski definition) is 11. The molecule has 306 valence electrons. The van der Waals surface area contributed by atoms with Crippen LogP contribution in [0.3, 0.4) is 0 Å². The van der Waals surface area contributed by atoms with E-state index < -0.39 is 12.3 Å². The largest absolute Gasteiger partial charge is 0.486 e. The SMILES string of the molecule is CCCC(C)N(C)C(=O)c1cc(N2CCC(C(O)N3CC4(CN(c5ccc(C(=N)c6cc(O[C@H](C)c7c(Cl)cncc7Cl)ccc6N)cn5)C4)C3)CC2)ccc1C=O. The minimum atomic E-state index is -0.501. The fourth-order valence-corrected chi connectivity index (χ4v) is 9.36. The van der Waals surface area contributed by atoms with E-state index in [-0.39, 0.29) is 29.0 Å². The molecule has 58 heavy (non-hydrogen) atoms. The molecule has 4 aromatic rings. The lowest BCUT2D eigenvalue weighted by atomic mass is 9.72. The van der Waals surface area contributed by atoms with Crippen molar-refractivity contribution in [1.82, 2.24) is 19.8 Å². The number of benzene rings is 2. The molecule has 2 unspecified atom stereocenters. The number of hydrogen-bond donors (Lipinski definition) is 3. The molecule has 3 saturated heterocycles. The molecule has 7 rings (SSSR count). The van der Waals surface area contributed by atoms with Gasteiger partial charge >= 0.3 is 0 Å². The van der Waals surface area contributed by atoms with Crippen LogP contribution in [0.2, 0.25) is 10.0 Å². The van der Waals surface area contributed by atoms with Crippen molar-refractivity contribution in [3.63, 3.8) is 0 Å². The van der Waals surface area contributed by atoms with E-state index in [0.717, 1.165) is 82.7 Å². The molecule has 2 aromatic carbocycles. The lowest BCUT2D eigenvalue weighted by Crippen LogP contribution is -2.74. The molecule has 3 fully saturated rings. The topological polar surface area (TPSA) is 152 Å². The van der Waals surface area contributed by atoms with Crippen LogP contribution in [-0.2, 0) is 0 Å². The van der Waals surface area contributed by atoms with Crippen molar-refractivity contribution in [2.24, 2.45) is 11.3 Å². The predicted molar refractivity (Wildman–Crippen MR) is 230 cm³/mol. The highest BCUT2D eigenvalue weighted by Crippen LogP contribution is 2.44. The first-order chi connectivity index (χ1) is 27.8. The number of nitrogens with one attached hydrogen (secondary N) is 1. The summed E-state index contributed by atoms with van der Waals surface area (Å²) in [7, 11) is 1.80. The van der Waals surface area contributed by atoms with Crippen molar-refractivity contribution in [1.29, 1.82) is 5.41 Å². The Hall–Kier alpha value is -4.75. The second kappa shape index (κ2) is 17.2. The van der Waals surface area contributed by atoms with Gasteiger partial charge in [0.05, 0.1) is 21.3 Å². The molecule has 1 spiro atoms. The first kappa shape index (κ1) is 41.4. The standard InChI is InChI=1S/C44H52Cl2N8O4/c1-5-6-27(2)51(4)43(57)34-17-32(9-7-31(34)22-55)52-15-13-29(14-16-52)42(56)54-25-44(26-54)23-53(24-44)39-12-8-30(19-50-39)41(48)35-18-33(10-11-38(35)47)58-28(3)40-36(45)20-49-21-37(40)46/h7-12,17-22,27-29,42,48,56H,5-6,13-16,23-26,47H2,1-4H3/t27?,28-,42?/m1/s1. The van der Waals surface area contributed by atoms with Gasteiger partial charge in [-0.2, -0.15) is 0 Å². The number of amides is 1. The number of aromatic nitrogens is 2. The molecular weight excluding hydrogens is 775 g/mol. The number of pyridine rings is 2. The summed E-state index contributed by atoms with van der Waals surface area (Å²) in [6, 6.07) is 14.7. The first-order valence-electron chi connectivity index (χ1n) is 20.0. The fourth-order valence-electron chi connectivity index (χ4n) is 8.69. The van der Waals surface area contributed by atoms with Gasteiger partial charge in [-0.1, -0.05) is 36.5 Å². The van der Waals surface area contributed by atoms with E-state index in [4.69, 9.17) is 44.1 Å². The molecule has 12 nitrogen and oxygen atoms in total. The van der Waals surface area contributed by atoms with Gasteiger partial charge in [0, 0.05) is 116 Å². The van der Waals surface area contributed by atoms with Gasteiger partial charge in [0.15, 0.2) is 6.29 Å². The zero-order valence-electron chi connectivity index (χ0n) is 33.5. The molecule has 0 radical (unpaired) electrons. The maximum absolute atomic E-state index is 13.4. The van der Waals surface area contributed by atoms with Gasteiger partial charge in [0.2, 0.25) is 0 Å². The van der Waals surface area contributed by atoms with Gasteiger partial charge < -0.3 is 30.3 Å². The Balaban J connectivity index is 0.891. The molecule has 0 saturated carbocycles.